The standard InChI is InChI=1S/C13H13N3S/c1-2-16(9-11-6-4-3-5-7-11)13-12(8-14)17-10-15-13/h3-7,10H,2,9H2,1H3. The van der Waals surface area contributed by atoms with Crippen molar-refractivity contribution >= 4 is 17.2 Å². The van der Waals surface area contributed by atoms with Gasteiger partial charge in [-0.3, -0.25) is 0 Å². The summed E-state index contributed by atoms with van der Waals surface area (Å²) in [4.78, 5) is 7.07. The number of hydrogen-bond donors (Lipinski definition) is 0. The summed E-state index contributed by atoms with van der Waals surface area (Å²) in [5.41, 5.74) is 2.95. The molecule has 0 radical (unpaired) electrons. The molecule has 17 heavy (non-hydrogen) atoms. The van der Waals surface area contributed by atoms with Crippen LogP contribution in [0.3, 0.4) is 0 Å². The Labute approximate surface area is 105 Å². The smallest absolute Gasteiger partial charge is 0.158 e. The van der Waals surface area contributed by atoms with Crippen LogP contribution in [-0.4, -0.2) is 11.5 Å². The minimum atomic E-state index is 0.683. The summed E-state index contributed by atoms with van der Waals surface area (Å²) in [5.74, 6) is 0.795. The van der Waals surface area contributed by atoms with Gasteiger partial charge in [0.1, 0.15) is 10.9 Å². The van der Waals surface area contributed by atoms with Crippen molar-refractivity contribution in [2.45, 2.75) is 13.5 Å². The van der Waals surface area contributed by atoms with Crippen LogP contribution in [0.2, 0.25) is 0 Å². The second-order valence-electron chi connectivity index (χ2n) is 3.62. The highest BCUT2D eigenvalue weighted by Gasteiger charge is 2.12. The average molecular weight is 243 g/mol. The first-order chi connectivity index (χ1) is 8.35. The second-order valence-corrected chi connectivity index (χ2v) is 4.47. The van der Waals surface area contributed by atoms with E-state index in [0.717, 1.165) is 18.9 Å². The Morgan fingerprint density at radius 3 is 2.76 bits per heavy atom. The zero-order valence-corrected chi connectivity index (χ0v) is 10.4. The molecule has 0 spiro atoms. The van der Waals surface area contributed by atoms with Crippen LogP contribution < -0.4 is 4.90 Å². The van der Waals surface area contributed by atoms with Gasteiger partial charge in [-0.25, -0.2) is 4.98 Å². The molecule has 0 bridgehead atoms. The molecular weight excluding hydrogens is 230 g/mol. The number of nitriles is 1. The van der Waals surface area contributed by atoms with E-state index in [1.165, 1.54) is 16.9 Å². The van der Waals surface area contributed by atoms with Gasteiger partial charge in [0.2, 0.25) is 0 Å². The highest BCUT2D eigenvalue weighted by atomic mass is 32.1. The van der Waals surface area contributed by atoms with E-state index < -0.39 is 0 Å². The lowest BCUT2D eigenvalue weighted by Crippen LogP contribution is -2.23. The maximum Gasteiger partial charge on any atom is 0.158 e. The second kappa shape index (κ2) is 5.46. The fourth-order valence-electron chi connectivity index (χ4n) is 1.68. The molecule has 2 rings (SSSR count). The molecule has 4 heteroatoms. The van der Waals surface area contributed by atoms with Gasteiger partial charge in [0.05, 0.1) is 5.51 Å². The first-order valence-corrected chi connectivity index (χ1v) is 6.35. The predicted octanol–water partition coefficient (Wildman–Crippen LogP) is 3.04. The van der Waals surface area contributed by atoms with E-state index in [-0.39, 0.29) is 0 Å². The van der Waals surface area contributed by atoms with Crippen molar-refractivity contribution in [2.75, 3.05) is 11.4 Å². The molecule has 0 aliphatic heterocycles. The Balaban J connectivity index is 2.21. The van der Waals surface area contributed by atoms with Gasteiger partial charge >= 0.3 is 0 Å². The van der Waals surface area contributed by atoms with E-state index in [1.807, 2.05) is 18.2 Å². The monoisotopic (exact) mass is 243 g/mol. The van der Waals surface area contributed by atoms with E-state index >= 15 is 0 Å². The molecule has 0 saturated heterocycles. The Morgan fingerprint density at radius 2 is 2.12 bits per heavy atom. The topological polar surface area (TPSA) is 39.9 Å². The molecule has 1 aromatic heterocycles. The number of anilines is 1. The molecule has 0 N–H and O–H groups in total. The van der Waals surface area contributed by atoms with Crippen molar-refractivity contribution in [3.05, 3.63) is 46.3 Å². The van der Waals surface area contributed by atoms with Crippen LogP contribution in [0.5, 0.6) is 0 Å². The third-order valence-corrected chi connectivity index (χ3v) is 3.27. The molecule has 0 atom stereocenters. The summed E-state index contributed by atoms with van der Waals surface area (Å²) >= 11 is 1.39. The van der Waals surface area contributed by atoms with Crippen LogP contribution in [0.4, 0.5) is 5.82 Å². The minimum Gasteiger partial charge on any atom is -0.351 e. The van der Waals surface area contributed by atoms with Crippen LogP contribution in [-0.2, 0) is 6.54 Å². The van der Waals surface area contributed by atoms with Crippen LogP contribution in [0.15, 0.2) is 35.8 Å². The summed E-state index contributed by atoms with van der Waals surface area (Å²) in [6.45, 7) is 3.70. The maximum atomic E-state index is 9.01. The molecule has 0 amide bonds. The van der Waals surface area contributed by atoms with Crippen molar-refractivity contribution in [3.8, 4) is 6.07 Å². The molecular formula is C13H13N3S. The van der Waals surface area contributed by atoms with Gasteiger partial charge in [0, 0.05) is 13.1 Å². The number of thiazole rings is 1. The summed E-state index contributed by atoms with van der Waals surface area (Å²) in [6.07, 6.45) is 0. The summed E-state index contributed by atoms with van der Waals surface area (Å²) in [6, 6.07) is 12.4. The Hall–Kier alpha value is -1.86. The molecule has 0 saturated carbocycles. The SMILES string of the molecule is CCN(Cc1ccccc1)c1ncsc1C#N. The lowest BCUT2D eigenvalue weighted by Gasteiger charge is -2.20. The fraction of sp³-hybridized carbons (Fsp3) is 0.231. The van der Waals surface area contributed by atoms with Gasteiger partial charge in [-0.15, -0.1) is 11.3 Å². The van der Waals surface area contributed by atoms with Crippen molar-refractivity contribution in [2.24, 2.45) is 0 Å². The van der Waals surface area contributed by atoms with Gasteiger partial charge in [-0.05, 0) is 12.5 Å². The molecule has 1 aromatic carbocycles. The van der Waals surface area contributed by atoms with E-state index in [9.17, 15) is 0 Å². The molecule has 1 heterocycles. The zero-order valence-electron chi connectivity index (χ0n) is 9.63. The van der Waals surface area contributed by atoms with Crippen LogP contribution >= 0.6 is 11.3 Å². The van der Waals surface area contributed by atoms with Gasteiger partial charge in [-0.2, -0.15) is 5.26 Å². The van der Waals surface area contributed by atoms with Gasteiger partial charge in [-0.1, -0.05) is 30.3 Å². The first-order valence-electron chi connectivity index (χ1n) is 5.47. The maximum absolute atomic E-state index is 9.01. The average Bonchev–Trinajstić information content (AvgIpc) is 2.85. The number of nitrogens with zero attached hydrogens (tertiary/aromatic N) is 3. The Bertz CT molecular complexity index is 513. The van der Waals surface area contributed by atoms with E-state index in [1.54, 1.807) is 5.51 Å². The Kier molecular flexibility index (Phi) is 3.73. The fourth-order valence-corrected chi connectivity index (χ4v) is 2.28. The first kappa shape index (κ1) is 11.6. The quantitative estimate of drug-likeness (QED) is 0.828. The highest BCUT2D eigenvalue weighted by Crippen LogP contribution is 2.23. The van der Waals surface area contributed by atoms with Crippen LogP contribution in [0.25, 0.3) is 0 Å². The molecule has 3 nitrogen and oxygen atoms in total. The highest BCUT2D eigenvalue weighted by molar-refractivity contribution is 7.10. The summed E-state index contributed by atoms with van der Waals surface area (Å²) in [5, 5.41) is 9.01. The lowest BCUT2D eigenvalue weighted by molar-refractivity contribution is 0.817. The van der Waals surface area contributed by atoms with Crippen molar-refractivity contribution in [1.82, 2.24) is 4.98 Å². The number of rotatable bonds is 4. The Morgan fingerprint density at radius 1 is 1.35 bits per heavy atom. The van der Waals surface area contributed by atoms with E-state index in [4.69, 9.17) is 5.26 Å². The van der Waals surface area contributed by atoms with Gasteiger partial charge < -0.3 is 4.90 Å². The minimum absolute atomic E-state index is 0.683. The third-order valence-electron chi connectivity index (χ3n) is 2.55. The molecule has 2 aromatic rings. The number of benzene rings is 1. The largest absolute Gasteiger partial charge is 0.351 e. The summed E-state index contributed by atoms with van der Waals surface area (Å²) in [7, 11) is 0. The molecule has 0 aliphatic carbocycles. The molecule has 0 aliphatic rings. The molecule has 86 valence electrons. The predicted molar refractivity (Wildman–Crippen MR) is 70.0 cm³/mol. The van der Waals surface area contributed by atoms with Gasteiger partial charge in [0.25, 0.3) is 0 Å². The van der Waals surface area contributed by atoms with Crippen LogP contribution in [0, 0.1) is 11.3 Å². The number of aromatic nitrogens is 1. The van der Waals surface area contributed by atoms with Crippen LogP contribution in [0.1, 0.15) is 17.4 Å². The van der Waals surface area contributed by atoms with Crippen molar-refractivity contribution < 1.29 is 0 Å². The third kappa shape index (κ3) is 2.63. The normalized spacial score (nSPS) is 9.88. The molecule has 0 unspecified atom stereocenters. The number of hydrogen-bond acceptors (Lipinski definition) is 4. The zero-order chi connectivity index (χ0) is 12.1. The summed E-state index contributed by atoms with van der Waals surface area (Å²) < 4.78 is 0. The van der Waals surface area contributed by atoms with Crippen molar-refractivity contribution in [3.63, 3.8) is 0 Å². The van der Waals surface area contributed by atoms with E-state index in [2.05, 4.69) is 35.0 Å². The van der Waals surface area contributed by atoms with Gasteiger partial charge in [0.15, 0.2) is 5.82 Å². The van der Waals surface area contributed by atoms with E-state index in [0.29, 0.717) is 4.88 Å². The molecule has 0 fully saturated rings. The van der Waals surface area contributed by atoms with Crippen molar-refractivity contribution in [1.29, 1.82) is 5.26 Å². The lowest BCUT2D eigenvalue weighted by atomic mass is 10.2.